The van der Waals surface area contributed by atoms with E-state index in [0.29, 0.717) is 12.1 Å². The van der Waals surface area contributed by atoms with E-state index in [1.165, 1.54) is 29.7 Å². The molecule has 19 heavy (non-hydrogen) atoms. The molecule has 2 heteroatoms. The maximum Gasteiger partial charge on any atom is 0.0411 e. The van der Waals surface area contributed by atoms with Crippen LogP contribution >= 0.6 is 0 Å². The van der Waals surface area contributed by atoms with Crippen LogP contribution in [0.25, 0.3) is 0 Å². The summed E-state index contributed by atoms with van der Waals surface area (Å²) in [5.41, 5.74) is 4.10. The third kappa shape index (κ3) is 4.87. The van der Waals surface area contributed by atoms with Crippen LogP contribution in [0, 0.1) is 6.92 Å². The van der Waals surface area contributed by atoms with Crippen LogP contribution in [0.3, 0.4) is 0 Å². The fourth-order valence-corrected chi connectivity index (χ4v) is 2.36. The van der Waals surface area contributed by atoms with Crippen LogP contribution in [-0.4, -0.2) is 19.1 Å². The summed E-state index contributed by atoms with van der Waals surface area (Å²) in [6, 6.07) is 7.89. The molecule has 0 spiro atoms. The van der Waals surface area contributed by atoms with Crippen LogP contribution < -0.4 is 10.2 Å². The smallest absolute Gasteiger partial charge is 0.0411 e. The summed E-state index contributed by atoms with van der Waals surface area (Å²) in [6.45, 7) is 12.1. The Labute approximate surface area is 119 Å². The Morgan fingerprint density at radius 2 is 1.89 bits per heavy atom. The predicted octanol–water partition coefficient (Wildman–Crippen LogP) is 4.12. The van der Waals surface area contributed by atoms with E-state index >= 15 is 0 Å². The molecule has 2 nitrogen and oxygen atoms in total. The lowest BCUT2D eigenvalue weighted by Crippen LogP contribution is -2.31. The quantitative estimate of drug-likeness (QED) is 0.795. The van der Waals surface area contributed by atoms with Crippen LogP contribution in [0.15, 0.2) is 18.2 Å². The van der Waals surface area contributed by atoms with E-state index < -0.39 is 0 Å². The molecule has 1 rings (SSSR count). The zero-order valence-corrected chi connectivity index (χ0v) is 13.5. The Morgan fingerprint density at radius 1 is 1.21 bits per heavy atom. The zero-order valence-electron chi connectivity index (χ0n) is 13.5. The second-order valence-electron chi connectivity index (χ2n) is 5.92. The minimum absolute atomic E-state index is 0.520. The van der Waals surface area contributed by atoms with Gasteiger partial charge in [-0.1, -0.05) is 44.9 Å². The van der Waals surface area contributed by atoms with Gasteiger partial charge in [0, 0.05) is 31.4 Å². The van der Waals surface area contributed by atoms with Crippen LogP contribution in [-0.2, 0) is 6.54 Å². The van der Waals surface area contributed by atoms with Gasteiger partial charge in [-0.15, -0.1) is 0 Å². The van der Waals surface area contributed by atoms with Crippen molar-refractivity contribution in [3.8, 4) is 0 Å². The fraction of sp³-hybridized carbons (Fsp3) is 0.647. The van der Waals surface area contributed by atoms with Crippen LogP contribution in [0.4, 0.5) is 5.69 Å². The Bertz CT molecular complexity index is 385. The number of benzene rings is 1. The molecule has 1 atom stereocenters. The summed E-state index contributed by atoms with van der Waals surface area (Å²) in [5.74, 6) is 0. The molecule has 0 bridgehead atoms. The van der Waals surface area contributed by atoms with Gasteiger partial charge in [0.05, 0.1) is 0 Å². The standard InChI is InChI=1S/C17H30N2/c1-7-8-15(5)19(6)17-10-9-14(4)11-16(17)12-18-13(2)3/h9-11,13,15,18H,7-8,12H2,1-6H3. The third-order valence-corrected chi connectivity index (χ3v) is 3.68. The van der Waals surface area contributed by atoms with E-state index in [9.17, 15) is 0 Å². The minimum Gasteiger partial charge on any atom is -0.372 e. The van der Waals surface area contributed by atoms with Crippen LogP contribution in [0.1, 0.15) is 51.7 Å². The topological polar surface area (TPSA) is 15.3 Å². The summed E-state index contributed by atoms with van der Waals surface area (Å²) >= 11 is 0. The van der Waals surface area contributed by atoms with Gasteiger partial charge in [-0.25, -0.2) is 0 Å². The first-order chi connectivity index (χ1) is 8.95. The molecule has 1 N–H and O–H groups in total. The van der Waals surface area contributed by atoms with E-state index in [4.69, 9.17) is 0 Å². The number of nitrogens with one attached hydrogen (secondary N) is 1. The largest absolute Gasteiger partial charge is 0.372 e. The molecule has 0 saturated carbocycles. The molecule has 0 aromatic heterocycles. The van der Waals surface area contributed by atoms with E-state index in [1.54, 1.807) is 0 Å². The first-order valence-corrected chi connectivity index (χ1v) is 7.51. The molecule has 0 amide bonds. The van der Waals surface area contributed by atoms with Crippen LogP contribution in [0.2, 0.25) is 0 Å². The van der Waals surface area contributed by atoms with Gasteiger partial charge in [0.1, 0.15) is 0 Å². The Kier molecular flexibility index (Phi) is 6.36. The lowest BCUT2D eigenvalue weighted by molar-refractivity contribution is 0.581. The van der Waals surface area contributed by atoms with E-state index in [1.807, 2.05) is 0 Å². The van der Waals surface area contributed by atoms with Crippen molar-refractivity contribution in [2.24, 2.45) is 0 Å². The van der Waals surface area contributed by atoms with Gasteiger partial charge < -0.3 is 10.2 Å². The molecule has 0 saturated heterocycles. The number of anilines is 1. The monoisotopic (exact) mass is 262 g/mol. The molecular weight excluding hydrogens is 232 g/mol. The number of aryl methyl sites for hydroxylation is 1. The summed E-state index contributed by atoms with van der Waals surface area (Å²) in [5, 5.41) is 3.53. The van der Waals surface area contributed by atoms with Crippen molar-refractivity contribution < 1.29 is 0 Å². The molecule has 0 heterocycles. The van der Waals surface area contributed by atoms with Gasteiger partial charge in [-0.2, -0.15) is 0 Å². The van der Waals surface area contributed by atoms with Crippen molar-refractivity contribution in [2.45, 2.75) is 66.1 Å². The molecule has 0 radical (unpaired) electrons. The molecule has 1 aromatic rings. The summed E-state index contributed by atoms with van der Waals surface area (Å²) in [4.78, 5) is 2.42. The molecule has 108 valence electrons. The summed E-state index contributed by atoms with van der Waals surface area (Å²) in [6.07, 6.45) is 2.47. The summed E-state index contributed by atoms with van der Waals surface area (Å²) < 4.78 is 0. The van der Waals surface area contributed by atoms with Gasteiger partial charge in [0.25, 0.3) is 0 Å². The number of nitrogens with zero attached hydrogens (tertiary/aromatic N) is 1. The molecule has 0 fully saturated rings. The van der Waals surface area contributed by atoms with E-state index in [2.05, 4.69) is 70.1 Å². The van der Waals surface area contributed by atoms with Crippen molar-refractivity contribution in [1.29, 1.82) is 0 Å². The van der Waals surface area contributed by atoms with Gasteiger partial charge >= 0.3 is 0 Å². The third-order valence-electron chi connectivity index (χ3n) is 3.68. The SMILES string of the molecule is CCCC(C)N(C)c1ccc(C)cc1CNC(C)C. The lowest BCUT2D eigenvalue weighted by atomic mass is 10.1. The van der Waals surface area contributed by atoms with E-state index in [-0.39, 0.29) is 0 Å². The van der Waals surface area contributed by atoms with Crippen molar-refractivity contribution in [3.05, 3.63) is 29.3 Å². The second kappa shape index (κ2) is 7.54. The fourth-order valence-electron chi connectivity index (χ4n) is 2.36. The molecule has 0 aliphatic heterocycles. The molecule has 1 unspecified atom stereocenters. The lowest BCUT2D eigenvalue weighted by Gasteiger charge is -2.29. The first-order valence-electron chi connectivity index (χ1n) is 7.51. The molecule has 0 aliphatic carbocycles. The average Bonchev–Trinajstić information content (AvgIpc) is 2.36. The zero-order chi connectivity index (χ0) is 14.4. The number of hydrogen-bond donors (Lipinski definition) is 1. The Morgan fingerprint density at radius 3 is 2.47 bits per heavy atom. The maximum absolute atomic E-state index is 3.53. The van der Waals surface area contributed by atoms with Gasteiger partial charge in [0.15, 0.2) is 0 Å². The van der Waals surface area contributed by atoms with Crippen molar-refractivity contribution in [1.82, 2.24) is 5.32 Å². The van der Waals surface area contributed by atoms with Crippen molar-refractivity contribution >= 4 is 5.69 Å². The Hall–Kier alpha value is -1.02. The highest BCUT2D eigenvalue weighted by Gasteiger charge is 2.13. The van der Waals surface area contributed by atoms with Crippen molar-refractivity contribution in [3.63, 3.8) is 0 Å². The normalized spacial score (nSPS) is 12.8. The maximum atomic E-state index is 3.53. The first kappa shape index (κ1) is 16.0. The minimum atomic E-state index is 0.520. The average molecular weight is 262 g/mol. The Balaban J connectivity index is 2.91. The van der Waals surface area contributed by atoms with Gasteiger partial charge in [-0.3, -0.25) is 0 Å². The highest BCUT2D eigenvalue weighted by molar-refractivity contribution is 5.55. The number of rotatable bonds is 7. The number of hydrogen-bond acceptors (Lipinski definition) is 2. The highest BCUT2D eigenvalue weighted by Crippen LogP contribution is 2.24. The molecular formula is C17H30N2. The summed E-state index contributed by atoms with van der Waals surface area (Å²) in [7, 11) is 2.21. The van der Waals surface area contributed by atoms with Gasteiger partial charge in [0.2, 0.25) is 0 Å². The van der Waals surface area contributed by atoms with E-state index in [0.717, 1.165) is 6.54 Å². The highest BCUT2D eigenvalue weighted by atomic mass is 15.1. The van der Waals surface area contributed by atoms with Crippen LogP contribution in [0.5, 0.6) is 0 Å². The predicted molar refractivity (Wildman–Crippen MR) is 85.9 cm³/mol. The van der Waals surface area contributed by atoms with Crippen molar-refractivity contribution in [2.75, 3.05) is 11.9 Å². The molecule has 1 aromatic carbocycles. The molecule has 0 aliphatic rings. The second-order valence-corrected chi connectivity index (χ2v) is 5.92. The van der Waals surface area contributed by atoms with Gasteiger partial charge in [-0.05, 0) is 31.9 Å².